The normalized spacial score (nSPS) is 19.5. The zero-order chi connectivity index (χ0) is 44.3. The third-order valence-corrected chi connectivity index (χ3v) is 11.7. The number of benzene rings is 2. The summed E-state index contributed by atoms with van der Waals surface area (Å²) in [5.41, 5.74) is 2.44. The molecule has 6 heterocycles. The number of nitrogens with one attached hydrogen (secondary N) is 1. The molecule has 6 aromatic rings. The van der Waals surface area contributed by atoms with Crippen LogP contribution in [0.1, 0.15) is 126 Å². The predicted octanol–water partition coefficient (Wildman–Crippen LogP) is 7.93. The van der Waals surface area contributed by atoms with Gasteiger partial charge in [0.1, 0.15) is 22.7 Å². The van der Waals surface area contributed by atoms with Crippen LogP contribution in [-0.2, 0) is 4.79 Å². The highest BCUT2D eigenvalue weighted by atomic mass is 19.4. The lowest BCUT2D eigenvalue weighted by Crippen LogP contribution is -2.48. The molecule has 2 atom stereocenters. The van der Waals surface area contributed by atoms with Gasteiger partial charge in [-0.25, -0.2) is 13.6 Å². The highest BCUT2D eigenvalue weighted by Gasteiger charge is 2.38. The molecule has 0 bridgehead atoms. The Morgan fingerprint density at radius 2 is 1.19 bits per heavy atom. The van der Waals surface area contributed by atoms with E-state index in [2.05, 4.69) is 40.7 Å². The number of para-hydroxylation sites is 2. The number of likely N-dealkylation sites (tertiary alicyclic amines) is 1. The number of aliphatic carboxylic acids is 1. The minimum absolute atomic E-state index is 0.149. The topological polar surface area (TPSA) is 186 Å². The summed E-state index contributed by atoms with van der Waals surface area (Å²) >= 11 is 0. The van der Waals surface area contributed by atoms with Crippen LogP contribution in [0.4, 0.5) is 22.0 Å². The number of nitrogens with zero attached hydrogens (tertiary/aromatic N) is 9. The van der Waals surface area contributed by atoms with Crippen molar-refractivity contribution in [3.63, 3.8) is 0 Å². The molecular weight excluding hydrogens is 820 g/mol. The summed E-state index contributed by atoms with van der Waals surface area (Å²) in [7, 11) is 0. The summed E-state index contributed by atoms with van der Waals surface area (Å²) in [4.78, 5) is 20.4. The quantitative estimate of drug-likeness (QED) is 0.132. The molecule has 9 rings (SSSR count). The van der Waals surface area contributed by atoms with E-state index in [1.807, 2.05) is 39.8 Å². The van der Waals surface area contributed by atoms with E-state index in [-0.39, 0.29) is 53.4 Å². The van der Waals surface area contributed by atoms with Crippen LogP contribution < -0.4 is 5.32 Å². The van der Waals surface area contributed by atoms with Crippen molar-refractivity contribution < 1.29 is 46.0 Å². The van der Waals surface area contributed by atoms with Gasteiger partial charge in [-0.1, -0.05) is 64.8 Å². The maximum atomic E-state index is 14.6. The Labute approximate surface area is 353 Å². The van der Waals surface area contributed by atoms with Crippen LogP contribution in [0.3, 0.4) is 0 Å². The van der Waals surface area contributed by atoms with E-state index in [0.29, 0.717) is 28.8 Å². The molecule has 0 spiro atoms. The van der Waals surface area contributed by atoms with Crippen LogP contribution >= 0.6 is 0 Å². The van der Waals surface area contributed by atoms with E-state index in [4.69, 9.17) is 18.9 Å². The zero-order valence-corrected chi connectivity index (χ0v) is 34.9. The molecule has 2 aromatic carbocycles. The van der Waals surface area contributed by atoms with Gasteiger partial charge in [0.05, 0.1) is 17.5 Å². The number of halogens is 5. The fraction of sp³-hybridized carbons (Fsp3) is 0.548. The first kappa shape index (κ1) is 44.7. The van der Waals surface area contributed by atoms with Crippen molar-refractivity contribution in [3.8, 4) is 11.9 Å². The first-order valence-electron chi connectivity index (χ1n) is 21.1. The maximum absolute atomic E-state index is 14.6. The lowest BCUT2D eigenvalue weighted by molar-refractivity contribution is -0.192. The lowest BCUT2D eigenvalue weighted by atomic mass is 9.88. The molecule has 4 aromatic heterocycles. The molecule has 0 unspecified atom stereocenters. The van der Waals surface area contributed by atoms with Gasteiger partial charge in [-0.15, -0.1) is 0 Å². The van der Waals surface area contributed by atoms with Gasteiger partial charge in [0.2, 0.25) is 11.8 Å². The number of aromatic nitrogens is 8. The highest BCUT2D eigenvalue weighted by molar-refractivity contribution is 5.85. The molecule has 3 aliphatic rings. The van der Waals surface area contributed by atoms with E-state index in [1.54, 1.807) is 12.1 Å². The summed E-state index contributed by atoms with van der Waals surface area (Å²) in [6.45, 7) is 11.9. The zero-order valence-electron chi connectivity index (χ0n) is 34.9. The number of hydrogen-bond acceptors (Lipinski definition) is 12. The lowest BCUT2D eigenvalue weighted by Gasteiger charge is -2.41. The maximum Gasteiger partial charge on any atom is 0.490 e. The van der Waals surface area contributed by atoms with E-state index >= 15 is 0 Å². The van der Waals surface area contributed by atoms with E-state index in [9.17, 15) is 27.1 Å². The molecule has 0 radical (unpaired) electrons. The van der Waals surface area contributed by atoms with Gasteiger partial charge in [-0.3, -0.25) is 4.90 Å². The molecule has 3 N–H and O–H groups in total. The van der Waals surface area contributed by atoms with Crippen molar-refractivity contribution in [2.45, 2.75) is 121 Å². The molecule has 1 saturated carbocycles. The average molecular weight is 871 g/mol. The minimum Gasteiger partial charge on any atom is -0.475 e. The van der Waals surface area contributed by atoms with Crippen LogP contribution in [0.2, 0.25) is 0 Å². The Balaban J connectivity index is 0.000000166. The Hall–Kier alpha value is -5.34. The van der Waals surface area contributed by atoms with Crippen molar-refractivity contribution in [2.24, 2.45) is 0 Å². The monoisotopic (exact) mass is 870 g/mol. The number of piperidine rings is 2. The number of alkyl halides is 3. The average Bonchev–Trinajstić information content (AvgIpc) is 4.07. The standard InChI is InChI=1S/C23H30FN5O2.C17H20FN5O.C2HF3O2/c1-14(2)20-16-6-5-7-17(24)21(16)29(26-20)23-25-22(31-27-23)15-10-12-28(13-11-15)18-8-3-4-9-19(18)30;1-10(2)14-12-4-3-5-13(18)15(12)23(21-14)17-20-16(24-22-17)11-6-8-19-9-7-11;3-2(4,5)1(6)7/h5-7,14-15,18-19,30H,3-4,8-13H2,1-2H3;3-5,10-11,19H,6-9H2,1-2H3;(H,6,7)/t18-,19-;;/m0../s1. The first-order valence-corrected chi connectivity index (χ1v) is 21.1. The van der Waals surface area contributed by atoms with E-state index < -0.39 is 12.1 Å². The van der Waals surface area contributed by atoms with Gasteiger partial charge in [0.25, 0.3) is 11.9 Å². The SMILES string of the molecule is CC(C)c1nn(-c2noc(C3CCN([C@H]4CCCC[C@@H]4O)CC3)n2)c2c(F)cccc12.CC(C)c1nn(-c2noc(C3CCNCC3)n2)c2c(F)cccc12.O=C(O)C(F)(F)F. The molecule has 2 aliphatic heterocycles. The molecule has 20 heteroatoms. The predicted molar refractivity (Wildman–Crippen MR) is 216 cm³/mol. The van der Waals surface area contributed by atoms with Crippen molar-refractivity contribution in [1.82, 2.24) is 50.1 Å². The third kappa shape index (κ3) is 9.66. The first-order chi connectivity index (χ1) is 29.6. The number of aliphatic hydroxyl groups excluding tert-OH is 1. The van der Waals surface area contributed by atoms with Crippen LogP contribution in [0.15, 0.2) is 45.4 Å². The number of carboxylic acid groups (broad SMARTS) is 1. The van der Waals surface area contributed by atoms with Gasteiger partial charge in [0.15, 0.2) is 0 Å². The second-order valence-electron chi connectivity index (χ2n) is 16.6. The fourth-order valence-electron chi connectivity index (χ4n) is 8.46. The van der Waals surface area contributed by atoms with E-state index in [0.717, 1.165) is 93.3 Å². The third-order valence-electron chi connectivity index (χ3n) is 11.7. The largest absolute Gasteiger partial charge is 0.490 e. The number of rotatable bonds is 7. The van der Waals surface area contributed by atoms with Crippen LogP contribution in [0.25, 0.3) is 33.7 Å². The Kier molecular flexibility index (Phi) is 13.7. The van der Waals surface area contributed by atoms with Crippen LogP contribution in [0.5, 0.6) is 0 Å². The fourth-order valence-corrected chi connectivity index (χ4v) is 8.46. The van der Waals surface area contributed by atoms with Gasteiger partial charge in [0, 0.05) is 28.7 Å². The molecule has 2 saturated heterocycles. The number of carboxylic acids is 1. The molecular formula is C42H51F5N10O5. The summed E-state index contributed by atoms with van der Waals surface area (Å²) < 4.78 is 74.8. The van der Waals surface area contributed by atoms with Gasteiger partial charge >= 0.3 is 12.1 Å². The number of aliphatic hydroxyl groups is 1. The summed E-state index contributed by atoms with van der Waals surface area (Å²) in [6.07, 6.45) is 2.77. The van der Waals surface area contributed by atoms with Crippen molar-refractivity contribution in [2.75, 3.05) is 26.2 Å². The molecule has 3 fully saturated rings. The summed E-state index contributed by atoms with van der Waals surface area (Å²) in [5, 5.41) is 39.7. The summed E-state index contributed by atoms with van der Waals surface area (Å²) in [6, 6.07) is 10.3. The Bertz CT molecular complexity index is 2450. The van der Waals surface area contributed by atoms with E-state index in [1.165, 1.54) is 27.9 Å². The van der Waals surface area contributed by atoms with Crippen molar-refractivity contribution in [3.05, 3.63) is 71.2 Å². The second-order valence-corrected chi connectivity index (χ2v) is 16.6. The van der Waals surface area contributed by atoms with Crippen molar-refractivity contribution >= 4 is 27.8 Å². The molecule has 62 heavy (non-hydrogen) atoms. The van der Waals surface area contributed by atoms with Gasteiger partial charge in [-0.05, 0) is 99.0 Å². The Morgan fingerprint density at radius 3 is 1.63 bits per heavy atom. The van der Waals surface area contributed by atoms with Gasteiger partial charge < -0.3 is 24.6 Å². The number of carbonyl (C=O) groups is 1. The molecule has 1 aliphatic carbocycles. The summed E-state index contributed by atoms with van der Waals surface area (Å²) in [5.74, 6) is -0.911. The second kappa shape index (κ2) is 19.0. The molecule has 0 amide bonds. The van der Waals surface area contributed by atoms with Gasteiger partial charge in [-0.2, -0.15) is 42.7 Å². The smallest absolute Gasteiger partial charge is 0.475 e. The number of hydrogen-bond donors (Lipinski definition) is 3. The van der Waals surface area contributed by atoms with Crippen LogP contribution in [-0.4, -0.2) is 105 Å². The van der Waals surface area contributed by atoms with Crippen LogP contribution in [0, 0.1) is 11.6 Å². The number of fused-ring (bicyclic) bond motifs is 2. The Morgan fingerprint density at radius 1 is 0.742 bits per heavy atom. The van der Waals surface area contributed by atoms with Crippen molar-refractivity contribution in [1.29, 1.82) is 0 Å². The molecule has 15 nitrogen and oxygen atoms in total. The minimum atomic E-state index is -5.08. The molecule has 334 valence electrons. The highest BCUT2D eigenvalue weighted by Crippen LogP contribution is 2.34.